The summed E-state index contributed by atoms with van der Waals surface area (Å²) in [6.45, 7) is 5.62. The highest BCUT2D eigenvalue weighted by Crippen LogP contribution is 2.25. The van der Waals surface area contributed by atoms with E-state index in [9.17, 15) is 0 Å². The molecule has 0 fully saturated rings. The SMILES string of the molecule is CNCC(Cc1coc2ccccc12)C(C)C. The summed E-state index contributed by atoms with van der Waals surface area (Å²) >= 11 is 0. The molecule has 2 nitrogen and oxygen atoms in total. The number of furan rings is 1. The van der Waals surface area contributed by atoms with Gasteiger partial charge in [0.2, 0.25) is 0 Å². The van der Waals surface area contributed by atoms with Gasteiger partial charge in [-0.15, -0.1) is 0 Å². The zero-order valence-electron chi connectivity index (χ0n) is 10.9. The van der Waals surface area contributed by atoms with E-state index in [-0.39, 0.29) is 0 Å². The molecule has 0 saturated carbocycles. The normalized spacial score (nSPS) is 13.4. The maximum atomic E-state index is 5.59. The highest BCUT2D eigenvalue weighted by Gasteiger charge is 2.16. The standard InChI is InChI=1S/C15H21NO/c1-11(2)12(9-16-3)8-13-10-17-15-7-5-4-6-14(13)15/h4-7,10-12,16H,8-9H2,1-3H3. The Labute approximate surface area is 103 Å². The van der Waals surface area contributed by atoms with E-state index in [1.165, 1.54) is 10.9 Å². The minimum atomic E-state index is 0.654. The van der Waals surface area contributed by atoms with Crippen LogP contribution in [0.25, 0.3) is 11.0 Å². The van der Waals surface area contributed by atoms with E-state index in [2.05, 4.69) is 31.3 Å². The van der Waals surface area contributed by atoms with Crippen LogP contribution in [0.5, 0.6) is 0 Å². The first-order chi connectivity index (χ1) is 8.22. The van der Waals surface area contributed by atoms with E-state index in [0.717, 1.165) is 18.5 Å². The molecule has 0 aliphatic rings. The molecule has 1 aromatic heterocycles. The van der Waals surface area contributed by atoms with Gasteiger partial charge in [-0.3, -0.25) is 0 Å². The van der Waals surface area contributed by atoms with Crippen molar-refractivity contribution in [3.05, 3.63) is 36.1 Å². The van der Waals surface area contributed by atoms with Crippen LogP contribution in [0.2, 0.25) is 0 Å². The van der Waals surface area contributed by atoms with E-state index in [4.69, 9.17) is 4.42 Å². The van der Waals surface area contributed by atoms with E-state index in [1.807, 2.05) is 25.4 Å². The van der Waals surface area contributed by atoms with Crippen molar-refractivity contribution in [1.29, 1.82) is 0 Å². The van der Waals surface area contributed by atoms with Crippen LogP contribution in [-0.2, 0) is 6.42 Å². The van der Waals surface area contributed by atoms with Gasteiger partial charge in [0, 0.05) is 5.39 Å². The van der Waals surface area contributed by atoms with Crippen molar-refractivity contribution in [1.82, 2.24) is 5.32 Å². The summed E-state index contributed by atoms with van der Waals surface area (Å²) in [5.41, 5.74) is 2.32. The summed E-state index contributed by atoms with van der Waals surface area (Å²) in [6.07, 6.45) is 2.99. The van der Waals surface area contributed by atoms with Crippen molar-refractivity contribution < 1.29 is 4.42 Å². The molecule has 1 heterocycles. The number of hydrogen-bond acceptors (Lipinski definition) is 2. The molecule has 0 aliphatic heterocycles. The summed E-state index contributed by atoms with van der Waals surface area (Å²) in [6, 6.07) is 8.26. The summed E-state index contributed by atoms with van der Waals surface area (Å²) in [7, 11) is 2.02. The van der Waals surface area contributed by atoms with Crippen molar-refractivity contribution in [2.45, 2.75) is 20.3 Å². The lowest BCUT2D eigenvalue weighted by Crippen LogP contribution is -2.25. The summed E-state index contributed by atoms with van der Waals surface area (Å²) in [4.78, 5) is 0. The van der Waals surface area contributed by atoms with Crippen LogP contribution in [0.4, 0.5) is 0 Å². The van der Waals surface area contributed by atoms with Gasteiger partial charge < -0.3 is 9.73 Å². The molecule has 1 unspecified atom stereocenters. The zero-order valence-corrected chi connectivity index (χ0v) is 10.9. The maximum Gasteiger partial charge on any atom is 0.134 e. The fourth-order valence-electron chi connectivity index (χ4n) is 2.28. The highest BCUT2D eigenvalue weighted by atomic mass is 16.3. The zero-order chi connectivity index (χ0) is 12.3. The van der Waals surface area contributed by atoms with Gasteiger partial charge in [-0.2, -0.15) is 0 Å². The van der Waals surface area contributed by atoms with Crippen molar-refractivity contribution in [3.63, 3.8) is 0 Å². The van der Waals surface area contributed by atoms with Crippen LogP contribution in [0, 0.1) is 11.8 Å². The molecule has 0 aliphatic carbocycles. The molecule has 0 bridgehead atoms. The summed E-state index contributed by atoms with van der Waals surface area (Å²) in [5, 5.41) is 4.54. The predicted octanol–water partition coefficient (Wildman–Crippen LogP) is 3.47. The fraction of sp³-hybridized carbons (Fsp3) is 0.467. The largest absolute Gasteiger partial charge is 0.464 e. The first kappa shape index (κ1) is 12.2. The second-order valence-electron chi connectivity index (χ2n) is 5.02. The fourth-order valence-corrected chi connectivity index (χ4v) is 2.28. The molecule has 0 amide bonds. The lowest BCUT2D eigenvalue weighted by atomic mass is 9.89. The van der Waals surface area contributed by atoms with E-state index in [1.54, 1.807) is 0 Å². The molecular formula is C15H21NO. The van der Waals surface area contributed by atoms with Crippen molar-refractivity contribution in [3.8, 4) is 0 Å². The Hall–Kier alpha value is -1.28. The minimum absolute atomic E-state index is 0.654. The van der Waals surface area contributed by atoms with Gasteiger partial charge in [0.15, 0.2) is 0 Å². The Morgan fingerprint density at radius 1 is 1.24 bits per heavy atom. The average molecular weight is 231 g/mol. The van der Waals surface area contributed by atoms with E-state index in [0.29, 0.717) is 11.8 Å². The number of hydrogen-bond donors (Lipinski definition) is 1. The molecule has 1 atom stereocenters. The number of benzene rings is 1. The van der Waals surface area contributed by atoms with Gasteiger partial charge in [-0.25, -0.2) is 0 Å². The number of para-hydroxylation sites is 1. The molecule has 17 heavy (non-hydrogen) atoms. The van der Waals surface area contributed by atoms with Crippen molar-refractivity contribution in [2.75, 3.05) is 13.6 Å². The summed E-state index contributed by atoms with van der Waals surface area (Å²) in [5.74, 6) is 1.33. The van der Waals surface area contributed by atoms with Gasteiger partial charge in [0.25, 0.3) is 0 Å². The number of nitrogens with one attached hydrogen (secondary N) is 1. The van der Waals surface area contributed by atoms with Crippen LogP contribution < -0.4 is 5.32 Å². The smallest absolute Gasteiger partial charge is 0.134 e. The second-order valence-corrected chi connectivity index (χ2v) is 5.02. The topological polar surface area (TPSA) is 25.2 Å². The molecule has 2 rings (SSSR count). The highest BCUT2D eigenvalue weighted by molar-refractivity contribution is 5.80. The summed E-state index contributed by atoms with van der Waals surface area (Å²) < 4.78 is 5.59. The molecule has 1 N–H and O–H groups in total. The van der Waals surface area contributed by atoms with Crippen molar-refractivity contribution in [2.24, 2.45) is 11.8 Å². The molecule has 92 valence electrons. The third kappa shape index (κ3) is 2.70. The van der Waals surface area contributed by atoms with Crippen LogP contribution in [-0.4, -0.2) is 13.6 Å². The predicted molar refractivity (Wildman–Crippen MR) is 72.2 cm³/mol. The molecule has 0 saturated heterocycles. The molecule has 0 spiro atoms. The van der Waals surface area contributed by atoms with Gasteiger partial charge in [0.1, 0.15) is 5.58 Å². The lowest BCUT2D eigenvalue weighted by Gasteiger charge is -2.19. The number of fused-ring (bicyclic) bond motifs is 1. The maximum absolute atomic E-state index is 5.59. The Balaban J connectivity index is 2.22. The Morgan fingerprint density at radius 2 is 2.00 bits per heavy atom. The quantitative estimate of drug-likeness (QED) is 0.852. The van der Waals surface area contributed by atoms with Crippen LogP contribution in [0.3, 0.4) is 0 Å². The third-order valence-corrected chi connectivity index (χ3v) is 3.45. The van der Waals surface area contributed by atoms with Gasteiger partial charge in [-0.05, 0) is 43.5 Å². The monoisotopic (exact) mass is 231 g/mol. The van der Waals surface area contributed by atoms with E-state index >= 15 is 0 Å². The Bertz CT molecular complexity index is 472. The average Bonchev–Trinajstić information content (AvgIpc) is 2.72. The molecular weight excluding hydrogens is 210 g/mol. The number of rotatable bonds is 5. The van der Waals surface area contributed by atoms with E-state index < -0.39 is 0 Å². The van der Waals surface area contributed by atoms with Crippen LogP contribution in [0.15, 0.2) is 34.9 Å². The Morgan fingerprint density at radius 3 is 2.71 bits per heavy atom. The van der Waals surface area contributed by atoms with Crippen LogP contribution in [0.1, 0.15) is 19.4 Å². The molecule has 0 radical (unpaired) electrons. The molecule has 1 aromatic carbocycles. The first-order valence-corrected chi connectivity index (χ1v) is 6.32. The van der Waals surface area contributed by atoms with Crippen molar-refractivity contribution >= 4 is 11.0 Å². The molecule has 2 heteroatoms. The van der Waals surface area contributed by atoms with Gasteiger partial charge in [-0.1, -0.05) is 32.0 Å². The third-order valence-electron chi connectivity index (χ3n) is 3.45. The lowest BCUT2D eigenvalue weighted by molar-refractivity contribution is 0.370. The van der Waals surface area contributed by atoms with Gasteiger partial charge >= 0.3 is 0 Å². The molecule has 2 aromatic rings. The van der Waals surface area contributed by atoms with Crippen LogP contribution >= 0.6 is 0 Å². The minimum Gasteiger partial charge on any atom is -0.464 e. The van der Waals surface area contributed by atoms with Gasteiger partial charge in [0.05, 0.1) is 6.26 Å². The second kappa shape index (κ2) is 5.37. The first-order valence-electron chi connectivity index (χ1n) is 6.32. The Kier molecular flexibility index (Phi) is 3.85.